The molecule has 0 N–H and O–H groups in total. The summed E-state index contributed by atoms with van der Waals surface area (Å²) in [6.45, 7) is 6.63. The Morgan fingerprint density at radius 2 is 1.66 bits per heavy atom. The van der Waals surface area contributed by atoms with Crippen LogP contribution in [0.3, 0.4) is 0 Å². The van der Waals surface area contributed by atoms with E-state index in [1.54, 1.807) is 12.1 Å². The standard InChI is InChI=1S/C27H34FN3O/c1-29-14-16-31(17-15-29)26(32)18-22-19-27(25-5-3-2-4-24(22)25)10-12-30(13-11-27)20-21-6-8-23(28)9-7-21/h2-9,22H,10-20H2,1H3/t22-/m0/s1. The quantitative estimate of drug-likeness (QED) is 0.726. The van der Waals surface area contributed by atoms with Gasteiger partial charge in [0.2, 0.25) is 5.91 Å². The van der Waals surface area contributed by atoms with Crippen molar-refractivity contribution in [2.45, 2.75) is 43.6 Å². The van der Waals surface area contributed by atoms with Crippen LogP contribution in [0.25, 0.3) is 0 Å². The molecule has 0 bridgehead atoms. The summed E-state index contributed by atoms with van der Waals surface area (Å²) in [6, 6.07) is 15.8. The lowest BCUT2D eigenvalue weighted by Gasteiger charge is -2.40. The normalized spacial score (nSPS) is 23.4. The van der Waals surface area contributed by atoms with Gasteiger partial charge in [0, 0.05) is 39.1 Å². The molecule has 2 aromatic rings. The molecule has 32 heavy (non-hydrogen) atoms. The maximum atomic E-state index is 13.2. The van der Waals surface area contributed by atoms with Crippen LogP contribution in [-0.4, -0.2) is 66.9 Å². The zero-order chi connectivity index (χ0) is 22.1. The molecule has 0 radical (unpaired) electrons. The lowest BCUT2D eigenvalue weighted by molar-refractivity contribution is -0.133. The molecule has 0 unspecified atom stereocenters. The number of amides is 1. The monoisotopic (exact) mass is 435 g/mol. The number of carbonyl (C=O) groups excluding carboxylic acids is 1. The van der Waals surface area contributed by atoms with E-state index < -0.39 is 0 Å². The molecule has 2 heterocycles. The summed E-state index contributed by atoms with van der Waals surface area (Å²) in [5, 5.41) is 0. The highest BCUT2D eigenvalue weighted by molar-refractivity contribution is 5.77. The first-order valence-electron chi connectivity index (χ1n) is 12.0. The number of nitrogens with zero attached hydrogens (tertiary/aromatic N) is 3. The van der Waals surface area contributed by atoms with Crippen LogP contribution in [0, 0.1) is 5.82 Å². The Labute approximate surface area is 191 Å². The Hall–Kier alpha value is -2.24. The molecule has 4 nitrogen and oxygen atoms in total. The number of halogens is 1. The van der Waals surface area contributed by atoms with Crippen LogP contribution in [0.15, 0.2) is 48.5 Å². The van der Waals surface area contributed by atoms with Gasteiger partial charge in [-0.2, -0.15) is 0 Å². The van der Waals surface area contributed by atoms with E-state index >= 15 is 0 Å². The summed E-state index contributed by atoms with van der Waals surface area (Å²) >= 11 is 0. The molecular formula is C27H34FN3O. The van der Waals surface area contributed by atoms with Crippen LogP contribution < -0.4 is 0 Å². The van der Waals surface area contributed by atoms with Crippen LogP contribution in [0.2, 0.25) is 0 Å². The molecule has 2 aromatic carbocycles. The van der Waals surface area contributed by atoms with Crippen molar-refractivity contribution in [1.29, 1.82) is 0 Å². The van der Waals surface area contributed by atoms with Crippen molar-refractivity contribution >= 4 is 5.91 Å². The number of carbonyl (C=O) groups is 1. The lowest BCUT2D eigenvalue weighted by atomic mass is 9.73. The van der Waals surface area contributed by atoms with Gasteiger partial charge >= 0.3 is 0 Å². The van der Waals surface area contributed by atoms with Crippen LogP contribution >= 0.6 is 0 Å². The molecular weight excluding hydrogens is 401 g/mol. The first-order valence-corrected chi connectivity index (χ1v) is 12.0. The number of piperidine rings is 1. The highest BCUT2D eigenvalue weighted by atomic mass is 19.1. The van der Waals surface area contributed by atoms with Crippen molar-refractivity contribution in [3.05, 3.63) is 71.0 Å². The third kappa shape index (κ3) is 4.33. The maximum absolute atomic E-state index is 13.2. The number of piperazine rings is 1. The van der Waals surface area contributed by atoms with Gasteiger partial charge in [-0.25, -0.2) is 4.39 Å². The molecule has 2 aliphatic heterocycles. The Balaban J connectivity index is 1.25. The minimum absolute atomic E-state index is 0.175. The van der Waals surface area contributed by atoms with E-state index in [0.717, 1.165) is 65.1 Å². The molecule has 170 valence electrons. The van der Waals surface area contributed by atoms with Crippen LogP contribution in [-0.2, 0) is 16.8 Å². The Bertz CT molecular complexity index is 944. The maximum Gasteiger partial charge on any atom is 0.223 e. The van der Waals surface area contributed by atoms with Crippen molar-refractivity contribution in [2.24, 2.45) is 0 Å². The van der Waals surface area contributed by atoms with Gasteiger partial charge in [-0.1, -0.05) is 36.4 Å². The number of likely N-dealkylation sites (tertiary alicyclic amines) is 1. The summed E-state index contributed by atoms with van der Waals surface area (Å²) < 4.78 is 13.2. The predicted molar refractivity (Wildman–Crippen MR) is 125 cm³/mol. The van der Waals surface area contributed by atoms with Gasteiger partial charge < -0.3 is 9.80 Å². The van der Waals surface area contributed by atoms with Gasteiger partial charge in [-0.15, -0.1) is 0 Å². The third-order valence-electron chi connectivity index (χ3n) is 8.02. The van der Waals surface area contributed by atoms with Crippen LogP contribution in [0.5, 0.6) is 0 Å². The first-order chi connectivity index (χ1) is 15.5. The zero-order valence-corrected chi connectivity index (χ0v) is 19.1. The van der Waals surface area contributed by atoms with E-state index in [9.17, 15) is 9.18 Å². The van der Waals surface area contributed by atoms with Gasteiger partial charge in [0.05, 0.1) is 0 Å². The average Bonchev–Trinajstić information content (AvgIpc) is 3.10. The largest absolute Gasteiger partial charge is 0.340 e. The molecule has 1 aliphatic carbocycles. The highest BCUT2D eigenvalue weighted by Gasteiger charge is 2.45. The summed E-state index contributed by atoms with van der Waals surface area (Å²) in [5.74, 6) is 0.483. The summed E-state index contributed by atoms with van der Waals surface area (Å²) in [4.78, 5) is 19.9. The number of hydrogen-bond acceptors (Lipinski definition) is 3. The zero-order valence-electron chi connectivity index (χ0n) is 19.1. The van der Waals surface area contributed by atoms with Crippen LogP contribution in [0.4, 0.5) is 4.39 Å². The fraction of sp³-hybridized carbons (Fsp3) is 0.519. The van der Waals surface area contributed by atoms with Crippen molar-refractivity contribution in [3.63, 3.8) is 0 Å². The van der Waals surface area contributed by atoms with Crippen molar-refractivity contribution < 1.29 is 9.18 Å². The number of fused-ring (bicyclic) bond motifs is 2. The molecule has 5 heteroatoms. The van der Waals surface area contributed by atoms with Crippen LogP contribution in [0.1, 0.15) is 48.3 Å². The molecule has 0 aromatic heterocycles. The molecule has 2 fully saturated rings. The van der Waals surface area contributed by atoms with E-state index in [4.69, 9.17) is 0 Å². The molecule has 1 spiro atoms. The van der Waals surface area contributed by atoms with E-state index in [0.29, 0.717) is 18.2 Å². The smallest absolute Gasteiger partial charge is 0.223 e. The Kier molecular flexibility index (Phi) is 6.04. The van der Waals surface area contributed by atoms with Crippen molar-refractivity contribution in [1.82, 2.24) is 14.7 Å². The topological polar surface area (TPSA) is 26.8 Å². The molecule has 2 saturated heterocycles. The third-order valence-corrected chi connectivity index (χ3v) is 8.02. The highest BCUT2D eigenvalue weighted by Crippen LogP contribution is 2.52. The molecule has 1 amide bonds. The van der Waals surface area contributed by atoms with E-state index in [-0.39, 0.29) is 11.2 Å². The number of benzene rings is 2. The molecule has 1 atom stereocenters. The van der Waals surface area contributed by atoms with Gasteiger partial charge in [0.25, 0.3) is 0 Å². The second-order valence-electron chi connectivity index (χ2n) is 10.1. The predicted octanol–water partition coefficient (Wildman–Crippen LogP) is 4.01. The molecule has 0 saturated carbocycles. The summed E-state index contributed by atoms with van der Waals surface area (Å²) in [7, 11) is 2.13. The second-order valence-corrected chi connectivity index (χ2v) is 10.1. The van der Waals surface area contributed by atoms with E-state index in [1.165, 1.54) is 16.7 Å². The summed E-state index contributed by atoms with van der Waals surface area (Å²) in [5.41, 5.74) is 4.26. The fourth-order valence-electron chi connectivity index (χ4n) is 6.07. The van der Waals surface area contributed by atoms with Gasteiger partial charge in [0.1, 0.15) is 5.82 Å². The van der Waals surface area contributed by atoms with Gasteiger partial charge in [-0.05, 0) is 79.6 Å². The molecule has 5 rings (SSSR count). The van der Waals surface area contributed by atoms with Crippen molar-refractivity contribution in [2.75, 3.05) is 46.3 Å². The van der Waals surface area contributed by atoms with E-state index in [1.807, 2.05) is 12.1 Å². The SMILES string of the molecule is CN1CCN(C(=O)C[C@H]2CC3(CCN(Cc4ccc(F)cc4)CC3)c3ccccc32)CC1. The second kappa shape index (κ2) is 8.95. The number of rotatable bonds is 4. The number of likely N-dealkylation sites (N-methyl/N-ethyl adjacent to an activating group) is 1. The van der Waals surface area contributed by atoms with Gasteiger partial charge in [0.15, 0.2) is 0 Å². The molecule has 3 aliphatic rings. The van der Waals surface area contributed by atoms with Crippen molar-refractivity contribution in [3.8, 4) is 0 Å². The first kappa shape index (κ1) is 21.6. The Morgan fingerprint density at radius 1 is 0.969 bits per heavy atom. The van der Waals surface area contributed by atoms with E-state index in [2.05, 4.69) is 46.0 Å². The minimum Gasteiger partial charge on any atom is -0.340 e. The minimum atomic E-state index is -0.175. The van der Waals surface area contributed by atoms with Gasteiger partial charge in [-0.3, -0.25) is 9.69 Å². The number of hydrogen-bond donors (Lipinski definition) is 0. The fourth-order valence-corrected chi connectivity index (χ4v) is 6.07. The summed E-state index contributed by atoms with van der Waals surface area (Å²) in [6.07, 6.45) is 3.99. The average molecular weight is 436 g/mol. The Morgan fingerprint density at radius 3 is 2.38 bits per heavy atom. The lowest BCUT2D eigenvalue weighted by Crippen LogP contribution is -2.47.